The molecule has 0 N–H and O–H groups in total. The predicted molar refractivity (Wildman–Crippen MR) is 39.6 cm³/mol. The summed E-state index contributed by atoms with van der Waals surface area (Å²) < 4.78 is 0. The van der Waals surface area contributed by atoms with Gasteiger partial charge in [-0.3, -0.25) is 0 Å². The Labute approximate surface area is 52.3 Å². The van der Waals surface area contributed by atoms with Gasteiger partial charge in [-0.2, -0.15) is 0 Å². The third kappa shape index (κ3) is 14.4. The van der Waals surface area contributed by atoms with Crippen molar-refractivity contribution < 1.29 is 0 Å². The Bertz CT molecular complexity index is 43.0. The molecule has 0 spiro atoms. The Morgan fingerprint density at radius 2 is 0.250 bits per heavy atom. The van der Waals surface area contributed by atoms with Gasteiger partial charge < -0.3 is 0 Å². The first-order valence-electron chi connectivity index (χ1n) is 1.33. The first kappa shape index (κ1) is 34.1. The molecule has 0 bridgehead atoms. The zero-order valence-corrected chi connectivity index (χ0v) is 4.62. The molecule has 0 heterocycles. The summed E-state index contributed by atoms with van der Waals surface area (Å²) in [6.07, 6.45) is 32.0. The highest BCUT2D eigenvalue weighted by Crippen LogP contribution is 0.585. The van der Waals surface area contributed by atoms with Gasteiger partial charge in [0.15, 0.2) is 0 Å². The van der Waals surface area contributed by atoms with Gasteiger partial charge in [0.1, 0.15) is 0 Å². The van der Waals surface area contributed by atoms with Crippen LogP contribution in [0.15, 0.2) is 0 Å². The fourth-order valence-corrected chi connectivity index (χ4v) is 0. The summed E-state index contributed by atoms with van der Waals surface area (Å²) in [6, 6.07) is 0. The summed E-state index contributed by atoms with van der Waals surface area (Å²) in [6.45, 7) is 0. The lowest BCUT2D eigenvalue weighted by molar-refractivity contribution is 3.31. The molecule has 0 aromatic carbocycles. The Balaban J connectivity index is -0.0000000133. The van der Waals surface area contributed by atoms with Gasteiger partial charge in [-0.1, -0.05) is 0 Å². The van der Waals surface area contributed by atoms with Crippen LogP contribution in [0.2, 0.25) is 0 Å². The van der Waals surface area contributed by atoms with Gasteiger partial charge in [-0.05, 0) is 0 Å². The molecule has 0 rings (SSSR count). The van der Waals surface area contributed by atoms with Gasteiger partial charge in [0, 0.05) is 0 Å². The third-order valence-electron chi connectivity index (χ3n) is 0. The molecule has 8 heavy (non-hydrogen) atoms. The average molecular weight is 104 g/mol. The highest BCUT2D eigenvalue weighted by molar-refractivity contribution is 4.47. The largest absolute Gasteiger partial charge is 0.124 e. The highest BCUT2D eigenvalue weighted by Gasteiger charge is 0.460. The zero-order valence-electron chi connectivity index (χ0n) is 4.62. The first-order chi connectivity index (χ1) is 4.00. The van der Waals surface area contributed by atoms with Crippen molar-refractivity contribution >= 4 is 0 Å². The quantitative estimate of drug-likeness (QED) is 0.402. The molecule has 0 atom stereocenters. The van der Waals surface area contributed by atoms with Gasteiger partial charge in [0.25, 0.3) is 0 Å². The molecule has 0 fully saturated rings. The summed E-state index contributed by atoms with van der Waals surface area (Å²) in [5.41, 5.74) is 0. The lowest BCUT2D eigenvalue weighted by Crippen LogP contribution is -0.576. The van der Waals surface area contributed by atoms with E-state index in [1.54, 1.807) is 0 Å². The second kappa shape index (κ2) is 30.4. The molecule has 0 unspecified atom stereocenters. The molecule has 0 radical (unpaired) electrons. The van der Waals surface area contributed by atoms with E-state index in [2.05, 4.69) is 51.4 Å². The first-order valence-corrected chi connectivity index (χ1v) is 1.33. The van der Waals surface area contributed by atoms with Crippen LogP contribution in [0.3, 0.4) is 0 Å². The molecule has 0 saturated heterocycles. The summed E-state index contributed by atoms with van der Waals surface area (Å²) >= 11 is 0. The van der Waals surface area contributed by atoms with Crippen LogP contribution in [0.1, 0.15) is 0 Å². The van der Waals surface area contributed by atoms with Crippen molar-refractivity contribution in [3.63, 3.8) is 0 Å². The summed E-state index contributed by atoms with van der Waals surface area (Å²) in [5.74, 6) is 0. The molecule has 0 aliphatic carbocycles. The van der Waals surface area contributed by atoms with Crippen molar-refractivity contribution in [1.82, 2.24) is 0 Å². The molecule has 0 aromatic heterocycles. The van der Waals surface area contributed by atoms with Crippen molar-refractivity contribution in [1.29, 1.82) is 0 Å². The zero-order chi connectivity index (χ0) is 8.00. The van der Waals surface area contributed by atoms with Crippen molar-refractivity contribution in [3.8, 4) is 51.4 Å². The number of rotatable bonds is 0. The fraction of sp³-hybridized carbons (Fsp3) is 0. The van der Waals surface area contributed by atoms with Gasteiger partial charge in [-0.25, -0.2) is 0 Å². The molecular weight excluding hydrogens is 96.1 g/mol. The molecule has 0 heteroatoms. The molecule has 0 nitrogen and oxygen atoms in total. The molecule has 0 aliphatic rings. The lowest BCUT2D eigenvalue weighted by Gasteiger charge is -0.701. The topological polar surface area (TPSA) is 0 Å². The maximum Gasteiger partial charge on any atom is -0.124 e. The Morgan fingerprint density at radius 3 is 0.250 bits per heavy atom. The summed E-state index contributed by atoms with van der Waals surface area (Å²) in [7, 11) is 0. The van der Waals surface area contributed by atoms with E-state index in [9.17, 15) is 0 Å². The van der Waals surface area contributed by atoms with E-state index in [-0.39, 0.29) is 0 Å². The van der Waals surface area contributed by atoms with Crippen molar-refractivity contribution in [2.75, 3.05) is 0 Å². The molecule has 0 aromatic rings. The van der Waals surface area contributed by atoms with Gasteiger partial charge in [0.2, 0.25) is 0 Å². The molecular formula is C8H8. The SMILES string of the molecule is C#C.C#C.C#C.C#C. The van der Waals surface area contributed by atoms with Crippen molar-refractivity contribution in [2.24, 2.45) is 0 Å². The molecule has 0 saturated carbocycles. The van der Waals surface area contributed by atoms with Crippen LogP contribution >= 0.6 is 0 Å². The van der Waals surface area contributed by atoms with Crippen LogP contribution in [-0.4, -0.2) is 0 Å². The van der Waals surface area contributed by atoms with E-state index in [0.29, 0.717) is 0 Å². The maximum atomic E-state index is 4.00. The maximum absolute atomic E-state index is 4.00. The highest BCUT2D eigenvalue weighted by atomic mass is 12.6. The minimum Gasteiger partial charge on any atom is -0.124 e. The second-order valence-corrected chi connectivity index (χ2v) is 0. The fourth-order valence-electron chi connectivity index (χ4n) is 0. The van der Waals surface area contributed by atoms with Crippen LogP contribution in [0.25, 0.3) is 0 Å². The Morgan fingerprint density at radius 1 is 0.250 bits per heavy atom. The number of hydrogen-bond acceptors (Lipinski definition) is 0. The minimum atomic E-state index is 4.00. The molecule has 40 valence electrons. The van der Waals surface area contributed by atoms with Gasteiger partial charge >= 0.3 is 0 Å². The smallest absolute Gasteiger partial charge is 0.124 e. The minimum absolute atomic E-state index is 4.00. The van der Waals surface area contributed by atoms with E-state index in [1.807, 2.05) is 0 Å². The number of terminal acetylenes is 4. The van der Waals surface area contributed by atoms with Crippen molar-refractivity contribution in [3.05, 3.63) is 0 Å². The van der Waals surface area contributed by atoms with E-state index in [1.165, 1.54) is 0 Å². The summed E-state index contributed by atoms with van der Waals surface area (Å²) in [5, 5.41) is 0. The van der Waals surface area contributed by atoms with E-state index in [0.717, 1.165) is 0 Å². The standard InChI is InChI=1S/4C2H2/c4*1-2/h4*1-2H. The van der Waals surface area contributed by atoms with Crippen LogP contribution in [0.5, 0.6) is 0 Å². The second-order valence-electron chi connectivity index (χ2n) is 0. The van der Waals surface area contributed by atoms with Crippen LogP contribution < -0.4 is 0 Å². The molecule has 0 aliphatic heterocycles. The van der Waals surface area contributed by atoms with Crippen molar-refractivity contribution in [2.45, 2.75) is 0 Å². The van der Waals surface area contributed by atoms with Gasteiger partial charge in [-0.15, -0.1) is 51.4 Å². The summed E-state index contributed by atoms with van der Waals surface area (Å²) in [4.78, 5) is 0. The van der Waals surface area contributed by atoms with Gasteiger partial charge in [0.05, 0.1) is 0 Å². The monoisotopic (exact) mass is 104 g/mol. The lowest BCUT2D eigenvalue weighted by atomic mass is 11.4. The molecule has 0 amide bonds. The average Bonchev–Trinajstić information content (AvgIpc) is 2.03. The Hall–Kier alpha value is -1.76. The van der Waals surface area contributed by atoms with Crippen LogP contribution in [0.4, 0.5) is 0 Å². The van der Waals surface area contributed by atoms with E-state index < -0.39 is 0 Å². The third-order valence-corrected chi connectivity index (χ3v) is 0. The Kier molecular flexibility index (Phi) is 130. The normalized spacial score (nSPS) is 1.00. The van der Waals surface area contributed by atoms with E-state index >= 15 is 0 Å². The number of hydrogen-bond donors (Lipinski definition) is 0. The van der Waals surface area contributed by atoms with E-state index in [4.69, 9.17) is 0 Å². The van der Waals surface area contributed by atoms with Crippen LogP contribution in [-0.2, 0) is 0 Å². The predicted octanol–water partition coefficient (Wildman–Crippen LogP) is 0.998. The van der Waals surface area contributed by atoms with Crippen LogP contribution in [0, 0.1) is 51.4 Å².